The van der Waals surface area contributed by atoms with E-state index in [2.05, 4.69) is 5.32 Å². The fourth-order valence-electron chi connectivity index (χ4n) is 1.91. The summed E-state index contributed by atoms with van der Waals surface area (Å²) in [5, 5.41) is 3.06. The molecule has 20 heavy (non-hydrogen) atoms. The Morgan fingerprint density at radius 2 is 1.80 bits per heavy atom. The first-order valence-electron chi connectivity index (χ1n) is 6.10. The Kier molecular flexibility index (Phi) is 4.42. The van der Waals surface area contributed by atoms with Gasteiger partial charge in [-0.15, -0.1) is 0 Å². The van der Waals surface area contributed by atoms with Crippen LogP contribution in [-0.4, -0.2) is 5.91 Å². The van der Waals surface area contributed by atoms with Crippen LogP contribution in [0.25, 0.3) is 0 Å². The third kappa shape index (κ3) is 3.39. The molecule has 1 amide bonds. The van der Waals surface area contributed by atoms with E-state index in [1.165, 1.54) is 6.07 Å². The monoisotopic (exact) mass is 276 g/mol. The average Bonchev–Trinajstić information content (AvgIpc) is 2.43. The molecule has 5 heteroatoms. The fourth-order valence-corrected chi connectivity index (χ4v) is 1.91. The van der Waals surface area contributed by atoms with E-state index in [0.717, 1.165) is 17.7 Å². The maximum absolute atomic E-state index is 13.0. The first kappa shape index (κ1) is 14.1. The highest BCUT2D eigenvalue weighted by molar-refractivity contribution is 5.94. The highest BCUT2D eigenvalue weighted by atomic mass is 19.2. The van der Waals surface area contributed by atoms with Gasteiger partial charge in [-0.05, 0) is 29.3 Å². The Hall–Kier alpha value is -2.27. The van der Waals surface area contributed by atoms with E-state index in [1.807, 2.05) is 0 Å². The molecule has 2 aromatic rings. The van der Waals surface area contributed by atoms with Crippen molar-refractivity contribution in [2.24, 2.45) is 5.73 Å². The van der Waals surface area contributed by atoms with Gasteiger partial charge < -0.3 is 11.1 Å². The maximum atomic E-state index is 13.0. The first-order valence-corrected chi connectivity index (χ1v) is 6.10. The molecule has 0 radical (unpaired) electrons. The second kappa shape index (κ2) is 6.25. The van der Waals surface area contributed by atoms with Crippen LogP contribution in [0.4, 0.5) is 8.78 Å². The van der Waals surface area contributed by atoms with Crippen LogP contribution in [0.2, 0.25) is 0 Å². The molecular formula is C15H14F2N2O. The van der Waals surface area contributed by atoms with E-state index < -0.39 is 17.5 Å². The average molecular weight is 276 g/mol. The predicted molar refractivity (Wildman–Crippen MR) is 71.9 cm³/mol. The Morgan fingerprint density at radius 1 is 1.05 bits per heavy atom. The number of nitrogens with one attached hydrogen (secondary N) is 1. The van der Waals surface area contributed by atoms with Gasteiger partial charge in [0.25, 0.3) is 0 Å². The van der Waals surface area contributed by atoms with Crippen molar-refractivity contribution in [2.45, 2.75) is 13.1 Å². The summed E-state index contributed by atoms with van der Waals surface area (Å²) < 4.78 is 25.8. The third-order valence-corrected chi connectivity index (χ3v) is 2.91. The van der Waals surface area contributed by atoms with Gasteiger partial charge in [-0.2, -0.15) is 0 Å². The summed E-state index contributed by atoms with van der Waals surface area (Å²) in [5.74, 6) is -2.23. The van der Waals surface area contributed by atoms with E-state index in [4.69, 9.17) is 5.73 Å². The van der Waals surface area contributed by atoms with Crippen LogP contribution in [0.1, 0.15) is 21.5 Å². The van der Waals surface area contributed by atoms with Gasteiger partial charge in [0, 0.05) is 18.7 Å². The smallest absolute Gasteiger partial charge is 0.249 e. The van der Waals surface area contributed by atoms with Crippen LogP contribution in [0, 0.1) is 11.6 Å². The van der Waals surface area contributed by atoms with Crippen LogP contribution >= 0.6 is 0 Å². The van der Waals surface area contributed by atoms with Gasteiger partial charge in [0.05, 0.1) is 0 Å². The SMILES string of the molecule is NC(=O)c1ccccc1CNCc1ccc(F)c(F)c1. The molecule has 0 bridgehead atoms. The highest BCUT2D eigenvalue weighted by Crippen LogP contribution is 2.10. The van der Waals surface area contributed by atoms with Crippen molar-refractivity contribution >= 4 is 5.91 Å². The summed E-state index contributed by atoms with van der Waals surface area (Å²) in [6, 6.07) is 10.7. The molecule has 0 saturated carbocycles. The van der Waals surface area contributed by atoms with Gasteiger partial charge in [-0.1, -0.05) is 24.3 Å². The summed E-state index contributed by atoms with van der Waals surface area (Å²) in [6.45, 7) is 0.780. The number of hydrogen-bond acceptors (Lipinski definition) is 2. The second-order valence-corrected chi connectivity index (χ2v) is 4.37. The number of primary amides is 1. The zero-order valence-electron chi connectivity index (χ0n) is 10.7. The molecule has 0 heterocycles. The van der Waals surface area contributed by atoms with Gasteiger partial charge in [-0.25, -0.2) is 8.78 Å². The molecule has 0 aromatic heterocycles. The minimum Gasteiger partial charge on any atom is -0.366 e. The van der Waals surface area contributed by atoms with E-state index in [0.29, 0.717) is 24.2 Å². The van der Waals surface area contributed by atoms with Crippen molar-refractivity contribution in [3.05, 3.63) is 70.8 Å². The van der Waals surface area contributed by atoms with Crippen molar-refractivity contribution in [2.75, 3.05) is 0 Å². The minimum absolute atomic E-state index is 0.365. The summed E-state index contributed by atoms with van der Waals surface area (Å²) in [4.78, 5) is 11.2. The molecule has 0 saturated heterocycles. The van der Waals surface area contributed by atoms with Crippen molar-refractivity contribution in [3.8, 4) is 0 Å². The molecule has 3 nitrogen and oxygen atoms in total. The molecule has 0 aliphatic heterocycles. The van der Waals surface area contributed by atoms with Crippen molar-refractivity contribution in [1.82, 2.24) is 5.32 Å². The molecule has 0 fully saturated rings. The number of amides is 1. The van der Waals surface area contributed by atoms with Crippen molar-refractivity contribution in [1.29, 1.82) is 0 Å². The quantitative estimate of drug-likeness (QED) is 0.880. The lowest BCUT2D eigenvalue weighted by atomic mass is 10.1. The van der Waals surface area contributed by atoms with Crippen LogP contribution in [0.3, 0.4) is 0 Å². The number of nitrogens with two attached hydrogens (primary N) is 1. The number of carbonyl (C=O) groups is 1. The van der Waals surface area contributed by atoms with E-state index in [-0.39, 0.29) is 0 Å². The lowest BCUT2D eigenvalue weighted by Crippen LogP contribution is -2.18. The molecule has 0 aliphatic rings. The van der Waals surface area contributed by atoms with Gasteiger partial charge in [0.15, 0.2) is 11.6 Å². The lowest BCUT2D eigenvalue weighted by molar-refractivity contribution is 0.0999. The Balaban J connectivity index is 1.99. The Morgan fingerprint density at radius 3 is 2.50 bits per heavy atom. The molecule has 104 valence electrons. The van der Waals surface area contributed by atoms with Crippen LogP contribution in [0.15, 0.2) is 42.5 Å². The number of carbonyl (C=O) groups excluding carboxylic acids is 1. The number of hydrogen-bond donors (Lipinski definition) is 2. The predicted octanol–water partition coefficient (Wildman–Crippen LogP) is 2.35. The number of halogens is 2. The Bertz CT molecular complexity index is 629. The second-order valence-electron chi connectivity index (χ2n) is 4.37. The van der Waals surface area contributed by atoms with Crippen molar-refractivity contribution in [3.63, 3.8) is 0 Å². The summed E-state index contributed by atoms with van der Waals surface area (Å²) >= 11 is 0. The maximum Gasteiger partial charge on any atom is 0.249 e. The molecular weight excluding hydrogens is 262 g/mol. The van der Waals surface area contributed by atoms with Crippen LogP contribution in [0.5, 0.6) is 0 Å². The number of rotatable bonds is 5. The minimum atomic E-state index is -0.873. The van der Waals surface area contributed by atoms with E-state index in [1.54, 1.807) is 24.3 Å². The third-order valence-electron chi connectivity index (χ3n) is 2.91. The lowest BCUT2D eigenvalue weighted by Gasteiger charge is -2.08. The van der Waals surface area contributed by atoms with Gasteiger partial charge in [0.2, 0.25) is 5.91 Å². The van der Waals surface area contributed by atoms with Gasteiger partial charge >= 0.3 is 0 Å². The van der Waals surface area contributed by atoms with Gasteiger partial charge in [0.1, 0.15) is 0 Å². The topological polar surface area (TPSA) is 55.1 Å². The molecule has 2 rings (SSSR count). The largest absolute Gasteiger partial charge is 0.366 e. The fraction of sp³-hybridized carbons (Fsp3) is 0.133. The normalized spacial score (nSPS) is 10.5. The Labute approximate surface area is 115 Å². The summed E-state index contributed by atoms with van der Waals surface area (Å²) in [6.07, 6.45) is 0. The van der Waals surface area contributed by atoms with Crippen LogP contribution < -0.4 is 11.1 Å². The summed E-state index contributed by atoms with van der Waals surface area (Å²) in [5.41, 5.74) is 7.12. The van der Waals surface area contributed by atoms with Crippen LogP contribution in [-0.2, 0) is 13.1 Å². The highest BCUT2D eigenvalue weighted by Gasteiger charge is 2.07. The first-order chi connectivity index (χ1) is 9.58. The molecule has 0 atom stereocenters. The molecule has 0 aliphatic carbocycles. The van der Waals surface area contributed by atoms with Crippen molar-refractivity contribution < 1.29 is 13.6 Å². The molecule has 2 aromatic carbocycles. The number of benzene rings is 2. The zero-order chi connectivity index (χ0) is 14.5. The molecule has 0 unspecified atom stereocenters. The standard InChI is InChI=1S/C15H14F2N2O/c16-13-6-5-10(7-14(13)17)8-19-9-11-3-1-2-4-12(11)15(18)20/h1-7,19H,8-9H2,(H2,18,20). The van der Waals surface area contributed by atoms with E-state index >= 15 is 0 Å². The van der Waals surface area contributed by atoms with Gasteiger partial charge in [-0.3, -0.25) is 4.79 Å². The van der Waals surface area contributed by atoms with E-state index in [9.17, 15) is 13.6 Å². The molecule has 3 N–H and O–H groups in total. The molecule has 0 spiro atoms. The zero-order valence-corrected chi connectivity index (χ0v) is 10.7. The summed E-state index contributed by atoms with van der Waals surface area (Å²) in [7, 11) is 0.